The highest BCUT2D eigenvalue weighted by molar-refractivity contribution is 5.77. The van der Waals surface area contributed by atoms with Crippen LogP contribution in [0.4, 0.5) is 0 Å². The normalized spacial score (nSPS) is 35.6. The van der Waals surface area contributed by atoms with Gasteiger partial charge in [-0.3, -0.25) is 14.4 Å². The molecule has 23 N–H and O–H groups in total. The lowest BCUT2D eigenvalue weighted by Gasteiger charge is -2.51. The van der Waals surface area contributed by atoms with Crippen molar-refractivity contribution in [2.45, 2.75) is 441 Å². The van der Waals surface area contributed by atoms with Crippen molar-refractivity contribution >= 4 is 23.7 Å². The van der Waals surface area contributed by atoms with Gasteiger partial charge in [-0.1, -0.05) is 206 Å². The van der Waals surface area contributed by atoms with E-state index in [1.54, 1.807) is 6.08 Å². The molecule has 6 aliphatic rings. The zero-order valence-corrected chi connectivity index (χ0v) is 71.4. The molecule has 39 heteroatoms. The van der Waals surface area contributed by atoms with Gasteiger partial charge >= 0.3 is 5.97 Å². The molecule has 6 aliphatic heterocycles. The Labute approximate surface area is 714 Å². The minimum absolute atomic E-state index is 0.157. The third-order valence-corrected chi connectivity index (χ3v) is 23.7. The fourth-order valence-electron chi connectivity index (χ4n) is 16.5. The number of amides is 3. The topological polar surface area (TPSA) is 620 Å². The Morgan fingerprint density at radius 3 is 1.22 bits per heavy atom. The van der Waals surface area contributed by atoms with Crippen molar-refractivity contribution < 1.29 is 178 Å². The molecule has 0 radical (unpaired) electrons. The molecule has 0 bridgehead atoms. The number of carbonyl (C=O) groups excluding carboxylic acids is 3. The summed E-state index contributed by atoms with van der Waals surface area (Å²) in [5.41, 5.74) is 0. The zero-order valence-electron chi connectivity index (χ0n) is 71.4. The SMILES string of the molecule is CCCCCCCCCCCCC/C=C/[C@@H](O)[C@H](CO[C@@H]1OC(CO)[C@@H](O[C@@H]2OC(CO)[C@H](O)[C@H](O[C@@H]3OC(CO)[C@@H](O)[C@H](O[C@@H]4OC(CO)[C@H](O)[C@H](O[C@@H]5OC(CO)[C@H](O)[C@H](O[C@]6(C(=O)O)CC(O)[C@@H](NC(C)=O)C([C@H](O)[C@H](O)CO)O6)C5O)C4O)C3NC(C)=O)C2O)[C@H](O)C1O)NC(=O)CCCCCCCCCCCCCCCCCCCCC. The number of aliphatic hydroxyl groups excluding tert-OH is 19. The van der Waals surface area contributed by atoms with Crippen LogP contribution in [0.3, 0.4) is 0 Å². The highest BCUT2D eigenvalue weighted by Crippen LogP contribution is 2.41. The fourth-order valence-corrected chi connectivity index (χ4v) is 16.5. The molecule has 12 unspecified atom stereocenters. The van der Waals surface area contributed by atoms with Gasteiger partial charge in [0.05, 0.1) is 70.5 Å². The number of rotatable bonds is 59. The highest BCUT2D eigenvalue weighted by atomic mass is 16.8. The summed E-state index contributed by atoms with van der Waals surface area (Å²) in [6, 6.07) is -4.71. The molecule has 0 saturated carbocycles. The lowest BCUT2D eigenvalue weighted by molar-refractivity contribution is -0.394. The molecular formula is C83H149N3O36. The van der Waals surface area contributed by atoms with E-state index >= 15 is 0 Å². The predicted molar refractivity (Wildman–Crippen MR) is 429 cm³/mol. The van der Waals surface area contributed by atoms with Crippen LogP contribution in [-0.2, 0) is 76.0 Å². The number of nitrogens with one attached hydrogen (secondary N) is 3. The second-order valence-electron chi connectivity index (χ2n) is 33.5. The minimum atomic E-state index is -3.25. The first-order chi connectivity index (χ1) is 58.5. The summed E-state index contributed by atoms with van der Waals surface area (Å²) >= 11 is 0. The maximum atomic E-state index is 13.6. The molecule has 0 spiro atoms. The monoisotopic (exact) mass is 1760 g/mol. The fraction of sp³-hybridized carbons (Fsp3) is 0.928. The smallest absolute Gasteiger partial charge is 0.364 e. The van der Waals surface area contributed by atoms with E-state index in [0.717, 1.165) is 65.2 Å². The second-order valence-corrected chi connectivity index (χ2v) is 33.5. The number of carboxylic acids is 1. The molecule has 0 aromatic heterocycles. The van der Waals surface area contributed by atoms with Crippen LogP contribution >= 0.6 is 0 Å². The van der Waals surface area contributed by atoms with Crippen molar-refractivity contribution in [1.82, 2.24) is 16.0 Å². The first-order valence-corrected chi connectivity index (χ1v) is 44.6. The number of hydrogen-bond acceptors (Lipinski definition) is 35. The summed E-state index contributed by atoms with van der Waals surface area (Å²) in [6.07, 6.45) is -21.5. The maximum Gasteiger partial charge on any atom is 0.364 e. The second kappa shape index (κ2) is 56.7. The van der Waals surface area contributed by atoms with E-state index < -0.39 is 272 Å². The van der Waals surface area contributed by atoms with Crippen LogP contribution in [0, 0.1) is 0 Å². The Morgan fingerprint density at radius 2 is 0.795 bits per heavy atom. The average Bonchev–Trinajstić information content (AvgIpc) is 0.844. The lowest BCUT2D eigenvalue weighted by Crippen LogP contribution is -2.71. The Kier molecular flexibility index (Phi) is 49.8. The van der Waals surface area contributed by atoms with Gasteiger partial charge in [-0.25, -0.2) is 4.79 Å². The Balaban J connectivity index is 1.12. The van der Waals surface area contributed by atoms with E-state index in [-0.39, 0.29) is 12.3 Å². The number of aliphatic carboxylic acids is 1. The summed E-state index contributed by atoms with van der Waals surface area (Å²) in [5, 5.41) is 232. The van der Waals surface area contributed by atoms with Crippen LogP contribution < -0.4 is 16.0 Å². The molecule has 39 nitrogen and oxygen atoms in total. The minimum Gasteiger partial charge on any atom is -0.477 e. The summed E-state index contributed by atoms with van der Waals surface area (Å²) in [5.74, 6) is -7.49. The molecule has 6 rings (SSSR count). The van der Waals surface area contributed by atoms with E-state index in [0.29, 0.717) is 12.8 Å². The van der Waals surface area contributed by atoms with E-state index in [1.165, 1.54) is 135 Å². The van der Waals surface area contributed by atoms with Crippen molar-refractivity contribution in [3.63, 3.8) is 0 Å². The lowest BCUT2D eigenvalue weighted by atomic mass is 9.88. The molecule has 0 aromatic carbocycles. The van der Waals surface area contributed by atoms with Gasteiger partial charge in [-0.05, 0) is 19.3 Å². The first kappa shape index (κ1) is 107. The molecule has 712 valence electrons. The Hall–Kier alpha value is -3.62. The maximum absolute atomic E-state index is 13.6. The average molecular weight is 1770 g/mol. The van der Waals surface area contributed by atoms with Gasteiger partial charge < -0.3 is 175 Å². The van der Waals surface area contributed by atoms with Crippen molar-refractivity contribution in [2.75, 3.05) is 46.2 Å². The largest absolute Gasteiger partial charge is 0.477 e. The number of aliphatic hydroxyl groups is 19. The third kappa shape index (κ3) is 32.5. The van der Waals surface area contributed by atoms with Crippen molar-refractivity contribution in [3.05, 3.63) is 12.2 Å². The van der Waals surface area contributed by atoms with Gasteiger partial charge in [0.15, 0.2) is 31.5 Å². The van der Waals surface area contributed by atoms with Crippen molar-refractivity contribution in [3.8, 4) is 0 Å². The van der Waals surface area contributed by atoms with Crippen LogP contribution in [0.1, 0.15) is 240 Å². The van der Waals surface area contributed by atoms with E-state index in [4.69, 9.17) is 56.8 Å². The van der Waals surface area contributed by atoms with Crippen LogP contribution in [0.5, 0.6) is 0 Å². The van der Waals surface area contributed by atoms with Crippen molar-refractivity contribution in [2.24, 2.45) is 0 Å². The Bertz CT molecular complexity index is 2910. The molecule has 6 heterocycles. The summed E-state index contributed by atoms with van der Waals surface area (Å²) in [7, 11) is 0. The van der Waals surface area contributed by atoms with Gasteiger partial charge in [0.2, 0.25) is 17.7 Å². The number of unbranched alkanes of at least 4 members (excludes halogenated alkanes) is 29. The number of carboxylic acid groups (broad SMARTS) is 1. The third-order valence-electron chi connectivity index (χ3n) is 23.7. The molecule has 0 aliphatic carbocycles. The van der Waals surface area contributed by atoms with Gasteiger partial charge in [0, 0.05) is 26.7 Å². The molecular weight excluding hydrogens is 1610 g/mol. The van der Waals surface area contributed by atoms with Gasteiger partial charge in [0.1, 0.15) is 140 Å². The highest BCUT2D eigenvalue weighted by Gasteiger charge is 2.62. The van der Waals surface area contributed by atoms with Gasteiger partial charge in [-0.15, -0.1) is 0 Å². The standard InChI is InChI=1S/C83H149N3O36/c1-5-7-9-11-13-15-17-19-20-21-22-23-24-26-28-30-32-34-36-38-58(98)86-49(50(95)37-35-33-31-29-27-25-18-16-14-12-10-8-6-2)46-111-78-67(105)66(104)71(57(45-92)116-78)117-79-68(106)74(63(101)54(42-89)113-79)119-77-60(85-48(4)94)72(62(100)53(41-88)112-77)118-80-69(107)75(64(102)55(43-90)114-80)120-81-70(108)76(65(103)56(44-91)115-81)122-83(82(109)110)39-51(96)59(84-47(3)93)73(121-83)61(99)52(97)40-87/h35,37,49-57,59-81,87-92,95-97,99-108H,5-34,36,38-46H2,1-4H3,(H,84,93)(H,85,94)(H,86,98)(H,109,110)/b37-35+/t49-,50+,51?,52+,53?,54?,55?,56?,57?,59+,60?,61+,62+,63-,64-,65-,66+,67?,68?,69?,70?,71+,72+,73?,74-,75-,76-,77-,78+,79-,80-,81-,83-/m0/s1. The van der Waals surface area contributed by atoms with Crippen molar-refractivity contribution in [1.29, 1.82) is 0 Å². The summed E-state index contributed by atoms with van der Waals surface area (Å²) in [4.78, 5) is 52.2. The van der Waals surface area contributed by atoms with Crippen LogP contribution in [-0.4, -0.2) is 374 Å². The number of ether oxygens (including phenoxy) is 12. The first-order valence-electron chi connectivity index (χ1n) is 44.6. The number of hydrogen-bond donors (Lipinski definition) is 23. The van der Waals surface area contributed by atoms with E-state index in [2.05, 4.69) is 29.8 Å². The van der Waals surface area contributed by atoms with Crippen LogP contribution in [0.15, 0.2) is 12.2 Å². The van der Waals surface area contributed by atoms with E-state index in [9.17, 15) is 121 Å². The van der Waals surface area contributed by atoms with Crippen LogP contribution in [0.2, 0.25) is 0 Å². The number of allylic oxidation sites excluding steroid dienone is 1. The zero-order chi connectivity index (χ0) is 89.6. The number of carbonyl (C=O) groups is 4. The van der Waals surface area contributed by atoms with E-state index in [1.807, 2.05) is 6.08 Å². The molecule has 6 fully saturated rings. The molecule has 6 saturated heterocycles. The predicted octanol–water partition coefficient (Wildman–Crippen LogP) is -1.66. The van der Waals surface area contributed by atoms with Gasteiger partial charge in [0.25, 0.3) is 5.79 Å². The Morgan fingerprint density at radius 1 is 0.426 bits per heavy atom. The van der Waals surface area contributed by atoms with Gasteiger partial charge in [-0.2, -0.15) is 0 Å². The quantitative estimate of drug-likeness (QED) is 0.0239. The molecule has 0 aromatic rings. The van der Waals surface area contributed by atoms with Crippen LogP contribution in [0.25, 0.3) is 0 Å². The molecule has 33 atom stereocenters. The summed E-state index contributed by atoms with van der Waals surface area (Å²) in [6.45, 7) is -0.679. The molecule has 122 heavy (non-hydrogen) atoms. The summed E-state index contributed by atoms with van der Waals surface area (Å²) < 4.78 is 70.7. The molecule has 3 amide bonds.